The first-order valence-corrected chi connectivity index (χ1v) is 4.74. The summed E-state index contributed by atoms with van der Waals surface area (Å²) in [5.74, 6) is 0.928. The van der Waals surface area contributed by atoms with Crippen molar-refractivity contribution >= 4 is 28.3 Å². The van der Waals surface area contributed by atoms with E-state index in [2.05, 4.69) is 15.9 Å². The maximum absolute atomic E-state index is 5.91. The lowest BCUT2D eigenvalue weighted by Crippen LogP contribution is -2.20. The van der Waals surface area contributed by atoms with Gasteiger partial charge in [-0.3, -0.25) is 0 Å². The summed E-state index contributed by atoms with van der Waals surface area (Å²) in [5.41, 5.74) is 7.02. The van der Waals surface area contributed by atoms with Crippen molar-refractivity contribution in [2.45, 2.75) is 12.5 Å². The van der Waals surface area contributed by atoms with Gasteiger partial charge >= 0.3 is 0 Å². The Morgan fingerprint density at radius 3 is 3.00 bits per heavy atom. The van der Waals surface area contributed by atoms with Gasteiger partial charge in [-0.05, 0) is 18.2 Å². The second-order valence-electron chi connectivity index (χ2n) is 2.93. The average molecular weight is 265 g/mol. The van der Waals surface area contributed by atoms with Crippen molar-refractivity contribution in [3.63, 3.8) is 0 Å². The lowest BCUT2D eigenvalue weighted by atomic mass is 10.0. The van der Waals surface area contributed by atoms with Gasteiger partial charge in [0.05, 0.1) is 6.61 Å². The SMILES string of the molecule is Cl.N[C@H]1CCOc2ccc(Br)cc21. The maximum atomic E-state index is 5.91. The molecular weight excluding hydrogens is 253 g/mol. The fourth-order valence-corrected chi connectivity index (χ4v) is 1.77. The molecule has 4 heteroatoms. The molecule has 0 saturated heterocycles. The monoisotopic (exact) mass is 263 g/mol. The predicted octanol–water partition coefficient (Wildman–Crippen LogP) is 2.65. The van der Waals surface area contributed by atoms with Crippen molar-refractivity contribution in [1.29, 1.82) is 0 Å². The van der Waals surface area contributed by atoms with E-state index in [-0.39, 0.29) is 18.4 Å². The van der Waals surface area contributed by atoms with E-state index < -0.39 is 0 Å². The van der Waals surface area contributed by atoms with E-state index in [1.807, 2.05) is 18.2 Å². The summed E-state index contributed by atoms with van der Waals surface area (Å²) in [6, 6.07) is 6.08. The molecule has 0 aliphatic carbocycles. The van der Waals surface area contributed by atoms with Crippen LogP contribution in [0.15, 0.2) is 22.7 Å². The second-order valence-corrected chi connectivity index (χ2v) is 3.84. The lowest BCUT2D eigenvalue weighted by Gasteiger charge is -2.22. The van der Waals surface area contributed by atoms with E-state index in [0.717, 1.165) is 28.8 Å². The van der Waals surface area contributed by atoms with Gasteiger partial charge in [-0.25, -0.2) is 0 Å². The van der Waals surface area contributed by atoms with Crippen molar-refractivity contribution in [3.8, 4) is 5.75 Å². The molecule has 0 aromatic heterocycles. The summed E-state index contributed by atoms with van der Waals surface area (Å²) < 4.78 is 6.51. The van der Waals surface area contributed by atoms with Crippen molar-refractivity contribution in [1.82, 2.24) is 0 Å². The number of fused-ring (bicyclic) bond motifs is 1. The molecule has 1 atom stereocenters. The molecule has 1 aliphatic rings. The van der Waals surface area contributed by atoms with Gasteiger partial charge in [-0.1, -0.05) is 15.9 Å². The molecule has 1 heterocycles. The summed E-state index contributed by atoms with van der Waals surface area (Å²) in [6.45, 7) is 0.732. The minimum Gasteiger partial charge on any atom is -0.493 e. The van der Waals surface area contributed by atoms with Crippen LogP contribution in [0.25, 0.3) is 0 Å². The Morgan fingerprint density at radius 1 is 1.46 bits per heavy atom. The van der Waals surface area contributed by atoms with E-state index >= 15 is 0 Å². The van der Waals surface area contributed by atoms with Gasteiger partial charge in [0.15, 0.2) is 0 Å². The molecule has 0 radical (unpaired) electrons. The van der Waals surface area contributed by atoms with E-state index in [0.29, 0.717) is 0 Å². The molecule has 13 heavy (non-hydrogen) atoms. The summed E-state index contributed by atoms with van der Waals surface area (Å²) in [4.78, 5) is 0. The van der Waals surface area contributed by atoms with Crippen LogP contribution in [0.2, 0.25) is 0 Å². The molecule has 2 rings (SSSR count). The van der Waals surface area contributed by atoms with Crippen molar-refractivity contribution in [2.75, 3.05) is 6.61 Å². The van der Waals surface area contributed by atoms with Gasteiger partial charge in [-0.2, -0.15) is 0 Å². The molecule has 0 saturated carbocycles. The molecule has 0 unspecified atom stereocenters. The van der Waals surface area contributed by atoms with Gasteiger partial charge in [0.2, 0.25) is 0 Å². The van der Waals surface area contributed by atoms with Crippen LogP contribution in [0.4, 0.5) is 0 Å². The van der Waals surface area contributed by atoms with E-state index in [1.54, 1.807) is 0 Å². The Bertz CT molecular complexity index is 306. The van der Waals surface area contributed by atoms with Gasteiger partial charge < -0.3 is 10.5 Å². The largest absolute Gasteiger partial charge is 0.493 e. The minimum atomic E-state index is 0. The highest BCUT2D eigenvalue weighted by Crippen LogP contribution is 2.32. The predicted molar refractivity (Wildman–Crippen MR) is 58.4 cm³/mol. The normalized spacial score (nSPS) is 19.7. The zero-order valence-electron chi connectivity index (χ0n) is 7.00. The Hall–Kier alpha value is -0.250. The average Bonchev–Trinajstić information content (AvgIpc) is 2.07. The van der Waals surface area contributed by atoms with Crippen LogP contribution < -0.4 is 10.5 Å². The standard InChI is InChI=1S/C9H10BrNO.ClH/c10-6-1-2-9-7(5-6)8(11)3-4-12-9;/h1-2,5,8H,3-4,11H2;1H/t8-;/m0./s1. The first-order valence-electron chi connectivity index (χ1n) is 3.95. The highest BCUT2D eigenvalue weighted by atomic mass is 79.9. The topological polar surface area (TPSA) is 35.2 Å². The van der Waals surface area contributed by atoms with Crippen molar-refractivity contribution in [3.05, 3.63) is 28.2 Å². The van der Waals surface area contributed by atoms with Gasteiger partial charge in [0.25, 0.3) is 0 Å². The van der Waals surface area contributed by atoms with Crippen LogP contribution >= 0.6 is 28.3 Å². The zero-order valence-corrected chi connectivity index (χ0v) is 9.40. The molecule has 2 nitrogen and oxygen atoms in total. The Labute approximate surface area is 92.0 Å². The van der Waals surface area contributed by atoms with Crippen molar-refractivity contribution in [2.24, 2.45) is 5.73 Å². The van der Waals surface area contributed by atoms with Crippen LogP contribution in [0, 0.1) is 0 Å². The minimum absolute atomic E-state index is 0. The molecule has 1 aliphatic heterocycles. The molecule has 0 amide bonds. The summed E-state index contributed by atoms with van der Waals surface area (Å²) >= 11 is 3.41. The molecule has 0 fully saturated rings. The molecule has 1 aromatic carbocycles. The molecule has 0 bridgehead atoms. The Kier molecular flexibility index (Phi) is 3.59. The van der Waals surface area contributed by atoms with Gasteiger partial charge in [-0.15, -0.1) is 12.4 Å². The number of rotatable bonds is 0. The fourth-order valence-electron chi connectivity index (χ4n) is 1.39. The quantitative estimate of drug-likeness (QED) is 0.782. The van der Waals surface area contributed by atoms with Crippen molar-refractivity contribution < 1.29 is 4.74 Å². The molecular formula is C9H11BrClNO. The number of nitrogens with two attached hydrogens (primary N) is 1. The van der Waals surface area contributed by atoms with E-state index in [9.17, 15) is 0 Å². The molecule has 2 N–H and O–H groups in total. The number of hydrogen-bond donors (Lipinski definition) is 1. The number of hydrogen-bond acceptors (Lipinski definition) is 2. The highest BCUT2D eigenvalue weighted by molar-refractivity contribution is 9.10. The van der Waals surface area contributed by atoms with Crippen LogP contribution in [-0.4, -0.2) is 6.61 Å². The maximum Gasteiger partial charge on any atom is 0.124 e. The molecule has 1 aromatic rings. The first kappa shape index (κ1) is 10.8. The van der Waals surface area contributed by atoms with E-state index in [4.69, 9.17) is 10.5 Å². The van der Waals surface area contributed by atoms with Crippen LogP contribution in [0.1, 0.15) is 18.0 Å². The van der Waals surface area contributed by atoms with Gasteiger partial charge in [0, 0.05) is 22.5 Å². The number of ether oxygens (including phenoxy) is 1. The highest BCUT2D eigenvalue weighted by Gasteiger charge is 2.17. The number of benzene rings is 1. The zero-order chi connectivity index (χ0) is 8.55. The molecule has 0 spiro atoms. The third kappa shape index (κ3) is 2.16. The smallest absolute Gasteiger partial charge is 0.124 e. The number of halogens is 2. The summed E-state index contributed by atoms with van der Waals surface area (Å²) in [6.07, 6.45) is 0.906. The van der Waals surface area contributed by atoms with Gasteiger partial charge in [0.1, 0.15) is 5.75 Å². The third-order valence-corrected chi connectivity index (χ3v) is 2.55. The van der Waals surface area contributed by atoms with Crippen LogP contribution in [0.5, 0.6) is 5.75 Å². The summed E-state index contributed by atoms with van der Waals surface area (Å²) in [5, 5.41) is 0. The summed E-state index contributed by atoms with van der Waals surface area (Å²) in [7, 11) is 0. The second kappa shape index (κ2) is 4.31. The first-order chi connectivity index (χ1) is 5.77. The Morgan fingerprint density at radius 2 is 2.23 bits per heavy atom. The fraction of sp³-hybridized carbons (Fsp3) is 0.333. The lowest BCUT2D eigenvalue weighted by molar-refractivity contribution is 0.269. The Balaban J connectivity index is 0.000000845. The van der Waals surface area contributed by atoms with E-state index in [1.165, 1.54) is 0 Å². The third-order valence-electron chi connectivity index (χ3n) is 2.06. The molecule has 72 valence electrons. The van der Waals surface area contributed by atoms with Crippen LogP contribution in [0.3, 0.4) is 0 Å². The van der Waals surface area contributed by atoms with Crippen LogP contribution in [-0.2, 0) is 0 Å².